The number of carbonyl (C=O) groups is 1. The third-order valence-electron chi connectivity index (χ3n) is 3.69. The third-order valence-corrected chi connectivity index (χ3v) is 3.69. The first-order valence-electron chi connectivity index (χ1n) is 7.69. The van der Waals surface area contributed by atoms with Crippen LogP contribution < -0.4 is 20.5 Å². The van der Waals surface area contributed by atoms with E-state index in [4.69, 9.17) is 15.2 Å². The highest BCUT2D eigenvalue weighted by Gasteiger charge is 2.14. The molecule has 0 aliphatic heterocycles. The lowest BCUT2D eigenvalue weighted by atomic mass is 10.0. The zero-order chi connectivity index (χ0) is 17.5. The summed E-state index contributed by atoms with van der Waals surface area (Å²) >= 11 is 0. The van der Waals surface area contributed by atoms with Gasteiger partial charge in [-0.25, -0.2) is 0 Å². The van der Waals surface area contributed by atoms with E-state index in [1.165, 1.54) is 0 Å². The van der Waals surface area contributed by atoms with Gasteiger partial charge in [-0.05, 0) is 42.3 Å². The molecule has 0 aliphatic carbocycles. The van der Waals surface area contributed by atoms with Gasteiger partial charge >= 0.3 is 0 Å². The molecule has 1 unspecified atom stereocenters. The second-order valence-electron chi connectivity index (χ2n) is 5.51. The van der Waals surface area contributed by atoms with Crippen LogP contribution in [0.15, 0.2) is 36.5 Å². The Morgan fingerprint density at radius 1 is 1.21 bits per heavy atom. The molecule has 0 saturated heterocycles. The van der Waals surface area contributed by atoms with Gasteiger partial charge in [0.2, 0.25) is 5.91 Å². The zero-order valence-electron chi connectivity index (χ0n) is 14.2. The standard InChI is InChI=1S/C18H23N3O3/c1-12-8-13(6-7-20-12)11-21-18(22)10-15(19)14-4-5-16(23-2)17(9-14)24-3/h4-9,15H,10-11,19H2,1-3H3,(H,21,22). The zero-order valence-corrected chi connectivity index (χ0v) is 14.2. The Morgan fingerprint density at radius 2 is 1.96 bits per heavy atom. The van der Waals surface area contributed by atoms with Crippen LogP contribution in [0.2, 0.25) is 0 Å². The van der Waals surface area contributed by atoms with Gasteiger partial charge in [0.15, 0.2) is 11.5 Å². The highest BCUT2D eigenvalue weighted by atomic mass is 16.5. The number of aryl methyl sites for hydroxylation is 1. The predicted molar refractivity (Wildman–Crippen MR) is 91.9 cm³/mol. The molecule has 0 bridgehead atoms. The highest BCUT2D eigenvalue weighted by molar-refractivity contribution is 5.76. The van der Waals surface area contributed by atoms with Crippen LogP contribution >= 0.6 is 0 Å². The summed E-state index contributed by atoms with van der Waals surface area (Å²) in [5.74, 6) is 1.12. The van der Waals surface area contributed by atoms with Crippen LogP contribution in [0.5, 0.6) is 11.5 Å². The second kappa shape index (κ2) is 8.31. The van der Waals surface area contributed by atoms with Crippen LogP contribution in [0, 0.1) is 6.92 Å². The molecular formula is C18H23N3O3. The number of nitrogens with one attached hydrogen (secondary N) is 1. The summed E-state index contributed by atoms with van der Waals surface area (Å²) in [5.41, 5.74) is 8.89. The lowest BCUT2D eigenvalue weighted by Crippen LogP contribution is -2.27. The number of rotatable bonds is 7. The van der Waals surface area contributed by atoms with Crippen molar-refractivity contribution in [2.45, 2.75) is 25.9 Å². The topological polar surface area (TPSA) is 86.5 Å². The molecule has 24 heavy (non-hydrogen) atoms. The van der Waals surface area contributed by atoms with Gasteiger partial charge in [0.05, 0.1) is 14.2 Å². The molecule has 6 heteroatoms. The monoisotopic (exact) mass is 329 g/mol. The molecule has 2 rings (SSSR count). The number of methoxy groups -OCH3 is 2. The fourth-order valence-electron chi connectivity index (χ4n) is 2.39. The average molecular weight is 329 g/mol. The summed E-state index contributed by atoms with van der Waals surface area (Å²) in [5, 5.41) is 2.88. The van der Waals surface area contributed by atoms with E-state index in [9.17, 15) is 4.79 Å². The molecule has 0 aliphatic rings. The molecule has 6 nitrogen and oxygen atoms in total. The van der Waals surface area contributed by atoms with E-state index in [2.05, 4.69) is 10.3 Å². The molecule has 128 valence electrons. The van der Waals surface area contributed by atoms with E-state index in [1.807, 2.05) is 25.1 Å². The van der Waals surface area contributed by atoms with E-state index >= 15 is 0 Å². The lowest BCUT2D eigenvalue weighted by Gasteiger charge is -2.15. The van der Waals surface area contributed by atoms with E-state index in [-0.39, 0.29) is 12.3 Å². The Bertz CT molecular complexity index is 704. The third kappa shape index (κ3) is 4.70. The molecule has 3 N–H and O–H groups in total. The molecule has 0 spiro atoms. The number of hydrogen-bond acceptors (Lipinski definition) is 5. The van der Waals surface area contributed by atoms with Crippen LogP contribution in [0.4, 0.5) is 0 Å². The number of ether oxygens (including phenoxy) is 2. The largest absolute Gasteiger partial charge is 0.493 e. The summed E-state index contributed by atoms with van der Waals surface area (Å²) in [6.07, 6.45) is 1.92. The van der Waals surface area contributed by atoms with Crippen molar-refractivity contribution in [2.75, 3.05) is 14.2 Å². The molecule has 1 heterocycles. The minimum atomic E-state index is -0.413. The van der Waals surface area contributed by atoms with Gasteiger partial charge in [-0.3, -0.25) is 9.78 Å². The normalized spacial score (nSPS) is 11.7. The summed E-state index contributed by atoms with van der Waals surface area (Å²) in [6.45, 7) is 2.37. The van der Waals surface area contributed by atoms with Crippen molar-refractivity contribution < 1.29 is 14.3 Å². The number of nitrogens with two attached hydrogens (primary N) is 1. The SMILES string of the molecule is COc1ccc(C(N)CC(=O)NCc2ccnc(C)c2)cc1OC. The first-order valence-corrected chi connectivity index (χ1v) is 7.69. The fraction of sp³-hybridized carbons (Fsp3) is 0.333. The fourth-order valence-corrected chi connectivity index (χ4v) is 2.39. The maximum atomic E-state index is 12.1. The number of aromatic nitrogens is 1. The van der Waals surface area contributed by atoms with Crippen molar-refractivity contribution in [1.82, 2.24) is 10.3 Å². The van der Waals surface area contributed by atoms with Crippen LogP contribution in [0.1, 0.15) is 29.3 Å². The van der Waals surface area contributed by atoms with E-state index in [1.54, 1.807) is 32.5 Å². The van der Waals surface area contributed by atoms with Crippen molar-refractivity contribution >= 4 is 5.91 Å². The Kier molecular flexibility index (Phi) is 6.14. The minimum absolute atomic E-state index is 0.105. The Hall–Kier alpha value is -2.60. The van der Waals surface area contributed by atoms with Crippen molar-refractivity contribution in [2.24, 2.45) is 5.73 Å². The first kappa shape index (κ1) is 17.7. The number of nitrogens with zero attached hydrogens (tertiary/aromatic N) is 1. The molecule has 2 aromatic rings. The summed E-state index contributed by atoms with van der Waals surface area (Å²) < 4.78 is 10.5. The number of carbonyl (C=O) groups excluding carboxylic acids is 1. The molecule has 1 atom stereocenters. The molecule has 1 aromatic heterocycles. The van der Waals surface area contributed by atoms with Crippen molar-refractivity contribution in [1.29, 1.82) is 0 Å². The maximum Gasteiger partial charge on any atom is 0.222 e. The second-order valence-corrected chi connectivity index (χ2v) is 5.51. The van der Waals surface area contributed by atoms with E-state index in [0.717, 1.165) is 16.8 Å². The Morgan fingerprint density at radius 3 is 2.62 bits per heavy atom. The summed E-state index contributed by atoms with van der Waals surface area (Å²) in [7, 11) is 3.14. The van der Waals surface area contributed by atoms with Crippen molar-refractivity contribution in [3.05, 3.63) is 53.3 Å². The van der Waals surface area contributed by atoms with E-state index in [0.29, 0.717) is 18.0 Å². The predicted octanol–water partition coefficient (Wildman–Crippen LogP) is 2.11. The van der Waals surface area contributed by atoms with Crippen molar-refractivity contribution in [3.63, 3.8) is 0 Å². The molecule has 1 amide bonds. The Labute approximate surface area is 142 Å². The quantitative estimate of drug-likeness (QED) is 0.812. The van der Waals surface area contributed by atoms with Gasteiger partial charge in [0.25, 0.3) is 0 Å². The first-order chi connectivity index (χ1) is 11.5. The van der Waals surface area contributed by atoms with E-state index < -0.39 is 6.04 Å². The lowest BCUT2D eigenvalue weighted by molar-refractivity contribution is -0.121. The van der Waals surface area contributed by atoms with Crippen LogP contribution in [-0.2, 0) is 11.3 Å². The maximum absolute atomic E-state index is 12.1. The molecule has 1 aromatic carbocycles. The summed E-state index contributed by atoms with van der Waals surface area (Å²) in [4.78, 5) is 16.2. The van der Waals surface area contributed by atoms with Crippen LogP contribution in [0.25, 0.3) is 0 Å². The number of hydrogen-bond donors (Lipinski definition) is 2. The molecule has 0 radical (unpaired) electrons. The van der Waals surface area contributed by atoms with Gasteiger partial charge in [-0.1, -0.05) is 6.07 Å². The Balaban J connectivity index is 1.93. The average Bonchev–Trinajstić information content (AvgIpc) is 2.59. The smallest absolute Gasteiger partial charge is 0.222 e. The van der Waals surface area contributed by atoms with Gasteiger partial charge in [-0.2, -0.15) is 0 Å². The number of amides is 1. The summed E-state index contributed by atoms with van der Waals surface area (Å²) in [6, 6.07) is 8.82. The molecule has 0 fully saturated rings. The molecule has 0 saturated carbocycles. The van der Waals surface area contributed by atoms with Gasteiger partial charge < -0.3 is 20.5 Å². The van der Waals surface area contributed by atoms with Crippen LogP contribution in [-0.4, -0.2) is 25.1 Å². The van der Waals surface area contributed by atoms with Crippen LogP contribution in [0.3, 0.4) is 0 Å². The van der Waals surface area contributed by atoms with Gasteiger partial charge in [0, 0.05) is 30.9 Å². The van der Waals surface area contributed by atoms with Crippen molar-refractivity contribution in [3.8, 4) is 11.5 Å². The number of pyridine rings is 1. The minimum Gasteiger partial charge on any atom is -0.493 e. The molecular weight excluding hydrogens is 306 g/mol. The van der Waals surface area contributed by atoms with Gasteiger partial charge in [-0.15, -0.1) is 0 Å². The highest BCUT2D eigenvalue weighted by Crippen LogP contribution is 2.30. The van der Waals surface area contributed by atoms with Gasteiger partial charge in [0.1, 0.15) is 0 Å². The number of benzene rings is 1.